The zero-order chi connectivity index (χ0) is 19.2. The number of fused-ring (bicyclic) bond motifs is 1. The van der Waals surface area contributed by atoms with E-state index < -0.39 is 0 Å². The van der Waals surface area contributed by atoms with Crippen molar-refractivity contribution in [1.82, 2.24) is 4.90 Å². The summed E-state index contributed by atoms with van der Waals surface area (Å²) in [5, 5.41) is 9.75. The predicted octanol–water partition coefficient (Wildman–Crippen LogP) is 5.69. The minimum atomic E-state index is 0.00378. The van der Waals surface area contributed by atoms with E-state index in [4.69, 9.17) is 0 Å². The second kappa shape index (κ2) is 9.20. The van der Waals surface area contributed by atoms with Crippen LogP contribution in [-0.2, 0) is 12.8 Å². The molecule has 0 aliphatic heterocycles. The quantitative estimate of drug-likeness (QED) is 0.634. The van der Waals surface area contributed by atoms with Gasteiger partial charge in [-0.05, 0) is 73.9 Å². The van der Waals surface area contributed by atoms with Crippen LogP contribution in [0.1, 0.15) is 67.2 Å². The molecule has 2 heteroatoms. The van der Waals surface area contributed by atoms with Crippen LogP contribution in [0.2, 0.25) is 0 Å². The smallest absolute Gasteiger partial charge is 0.0716 e. The van der Waals surface area contributed by atoms with Gasteiger partial charge in [0.2, 0.25) is 0 Å². The van der Waals surface area contributed by atoms with Crippen molar-refractivity contribution in [2.24, 2.45) is 0 Å². The highest BCUT2D eigenvalue weighted by molar-refractivity contribution is 5.35. The summed E-state index contributed by atoms with van der Waals surface area (Å²) in [5.41, 5.74) is 5.59. The highest BCUT2D eigenvalue weighted by atomic mass is 15.1. The van der Waals surface area contributed by atoms with Crippen LogP contribution in [-0.4, -0.2) is 24.5 Å². The number of hydrogen-bond donors (Lipinski definition) is 0. The lowest BCUT2D eigenvalue weighted by Gasteiger charge is -2.32. The Morgan fingerprint density at radius 2 is 1.70 bits per heavy atom. The van der Waals surface area contributed by atoms with E-state index in [1.54, 1.807) is 0 Å². The average Bonchev–Trinajstić information content (AvgIpc) is 2.70. The maximum absolute atomic E-state index is 9.75. The van der Waals surface area contributed by atoms with Crippen LogP contribution in [0, 0.1) is 11.3 Å². The summed E-state index contributed by atoms with van der Waals surface area (Å²) in [6, 6.07) is 20.5. The lowest BCUT2D eigenvalue weighted by Crippen LogP contribution is -2.37. The van der Waals surface area contributed by atoms with E-state index in [9.17, 15) is 5.26 Å². The molecule has 0 saturated carbocycles. The average molecular weight is 361 g/mol. The topological polar surface area (TPSA) is 27.0 Å². The summed E-state index contributed by atoms with van der Waals surface area (Å²) in [4.78, 5) is 2.51. The van der Waals surface area contributed by atoms with Crippen molar-refractivity contribution in [3.63, 3.8) is 0 Å². The Kier molecular flexibility index (Phi) is 6.69. The van der Waals surface area contributed by atoms with Crippen LogP contribution in [0.5, 0.6) is 0 Å². The van der Waals surface area contributed by atoms with Gasteiger partial charge in [0.15, 0.2) is 0 Å². The van der Waals surface area contributed by atoms with E-state index in [0.717, 1.165) is 25.8 Å². The number of rotatable bonds is 7. The first-order valence-corrected chi connectivity index (χ1v) is 10.4. The van der Waals surface area contributed by atoms with E-state index in [2.05, 4.69) is 80.4 Å². The standard InChI is InChI=1S/C25H32N2/c1-19(2)24-12-6-7-13-25(24)22(18-26)11-8-16-27(3)23-15-14-20-9-4-5-10-21(20)17-23/h4-7,9-10,12-13,19,22-23H,8,11,14-17H2,1-3H3/t22-,23-/m0/s1. The summed E-state index contributed by atoms with van der Waals surface area (Å²) in [5.74, 6) is 0.464. The normalized spacial score (nSPS) is 17.6. The second-order valence-electron chi connectivity index (χ2n) is 8.25. The number of nitriles is 1. The van der Waals surface area contributed by atoms with Crippen LogP contribution < -0.4 is 0 Å². The second-order valence-corrected chi connectivity index (χ2v) is 8.25. The Balaban J connectivity index is 1.55. The van der Waals surface area contributed by atoms with Crippen molar-refractivity contribution in [3.8, 4) is 6.07 Å². The van der Waals surface area contributed by atoms with Gasteiger partial charge in [-0.25, -0.2) is 0 Å². The molecule has 0 bridgehead atoms. The van der Waals surface area contributed by atoms with Crippen LogP contribution in [0.4, 0.5) is 0 Å². The van der Waals surface area contributed by atoms with E-state index in [1.807, 2.05) is 0 Å². The van der Waals surface area contributed by atoms with Crippen molar-refractivity contribution in [1.29, 1.82) is 5.26 Å². The number of benzene rings is 2. The molecule has 0 amide bonds. The van der Waals surface area contributed by atoms with Crippen molar-refractivity contribution in [2.75, 3.05) is 13.6 Å². The van der Waals surface area contributed by atoms with E-state index in [-0.39, 0.29) is 5.92 Å². The molecule has 27 heavy (non-hydrogen) atoms. The summed E-state index contributed by atoms with van der Waals surface area (Å²) < 4.78 is 0. The minimum absolute atomic E-state index is 0.00378. The molecule has 3 rings (SSSR count). The molecule has 1 aliphatic rings. The van der Waals surface area contributed by atoms with Gasteiger partial charge in [0.05, 0.1) is 12.0 Å². The van der Waals surface area contributed by atoms with Gasteiger partial charge in [0, 0.05) is 6.04 Å². The summed E-state index contributed by atoms with van der Waals surface area (Å²) >= 11 is 0. The Bertz CT molecular complexity index is 787. The zero-order valence-corrected chi connectivity index (χ0v) is 17.0. The Labute approximate surface area is 164 Å². The van der Waals surface area contributed by atoms with Gasteiger partial charge in [-0.2, -0.15) is 5.26 Å². The first kappa shape index (κ1) is 19.6. The first-order chi connectivity index (χ1) is 13.1. The van der Waals surface area contributed by atoms with Gasteiger partial charge in [0.25, 0.3) is 0 Å². The van der Waals surface area contributed by atoms with Gasteiger partial charge >= 0.3 is 0 Å². The van der Waals surface area contributed by atoms with Crippen LogP contribution in [0.15, 0.2) is 48.5 Å². The molecule has 0 spiro atoms. The van der Waals surface area contributed by atoms with Gasteiger partial charge in [-0.3, -0.25) is 0 Å². The molecule has 142 valence electrons. The van der Waals surface area contributed by atoms with Gasteiger partial charge in [-0.15, -0.1) is 0 Å². The van der Waals surface area contributed by atoms with Gasteiger partial charge in [-0.1, -0.05) is 62.4 Å². The highest BCUT2D eigenvalue weighted by Crippen LogP contribution is 2.29. The Morgan fingerprint density at radius 3 is 2.41 bits per heavy atom. The number of likely N-dealkylation sites (N-methyl/N-ethyl adjacent to an activating group) is 1. The third-order valence-electron chi connectivity index (χ3n) is 6.10. The Hall–Kier alpha value is -2.11. The van der Waals surface area contributed by atoms with Gasteiger partial charge < -0.3 is 4.90 Å². The predicted molar refractivity (Wildman–Crippen MR) is 113 cm³/mol. The molecule has 2 aromatic rings. The van der Waals surface area contributed by atoms with Crippen molar-refractivity contribution < 1.29 is 0 Å². The maximum Gasteiger partial charge on any atom is 0.0716 e. The van der Waals surface area contributed by atoms with Crippen LogP contribution >= 0.6 is 0 Å². The van der Waals surface area contributed by atoms with Gasteiger partial charge in [0.1, 0.15) is 0 Å². The number of hydrogen-bond acceptors (Lipinski definition) is 2. The lowest BCUT2D eigenvalue weighted by atomic mass is 9.86. The molecular formula is C25H32N2. The molecule has 2 nitrogen and oxygen atoms in total. The highest BCUT2D eigenvalue weighted by Gasteiger charge is 2.22. The van der Waals surface area contributed by atoms with Crippen LogP contribution in [0.25, 0.3) is 0 Å². The molecule has 0 fully saturated rings. The molecule has 1 aliphatic carbocycles. The van der Waals surface area contributed by atoms with Crippen molar-refractivity contribution in [3.05, 3.63) is 70.8 Å². The molecule has 0 radical (unpaired) electrons. The van der Waals surface area contributed by atoms with Crippen molar-refractivity contribution >= 4 is 0 Å². The molecule has 0 aromatic heterocycles. The number of nitrogens with zero attached hydrogens (tertiary/aromatic N) is 2. The lowest BCUT2D eigenvalue weighted by molar-refractivity contribution is 0.217. The monoisotopic (exact) mass is 360 g/mol. The summed E-state index contributed by atoms with van der Waals surface area (Å²) in [6.45, 7) is 5.48. The van der Waals surface area contributed by atoms with E-state index in [1.165, 1.54) is 35.1 Å². The molecule has 0 heterocycles. The fourth-order valence-corrected chi connectivity index (χ4v) is 4.43. The van der Waals surface area contributed by atoms with E-state index in [0.29, 0.717) is 12.0 Å². The molecular weight excluding hydrogens is 328 g/mol. The first-order valence-electron chi connectivity index (χ1n) is 10.4. The maximum atomic E-state index is 9.75. The fourth-order valence-electron chi connectivity index (χ4n) is 4.43. The third kappa shape index (κ3) is 4.79. The summed E-state index contributed by atoms with van der Waals surface area (Å²) in [6.07, 6.45) is 5.59. The Morgan fingerprint density at radius 1 is 1.04 bits per heavy atom. The molecule has 2 aromatic carbocycles. The zero-order valence-electron chi connectivity index (χ0n) is 17.0. The SMILES string of the molecule is CC(C)c1ccccc1[C@H](C#N)CCCN(C)[C@H]1CCc2ccccc2C1. The fraction of sp³-hybridized carbons (Fsp3) is 0.480. The number of aryl methyl sites for hydroxylation is 1. The minimum Gasteiger partial charge on any atom is -0.303 e. The summed E-state index contributed by atoms with van der Waals surface area (Å²) in [7, 11) is 2.25. The third-order valence-corrected chi connectivity index (χ3v) is 6.10. The van der Waals surface area contributed by atoms with E-state index >= 15 is 0 Å². The molecule has 0 unspecified atom stereocenters. The molecule has 0 saturated heterocycles. The van der Waals surface area contributed by atoms with Crippen molar-refractivity contribution in [2.45, 2.75) is 63.8 Å². The largest absolute Gasteiger partial charge is 0.303 e. The van der Waals surface area contributed by atoms with Crippen LogP contribution in [0.3, 0.4) is 0 Å². The molecule has 2 atom stereocenters. The molecule has 0 N–H and O–H groups in total.